The quantitative estimate of drug-likeness (QED) is 0.740. The van der Waals surface area contributed by atoms with Crippen molar-refractivity contribution in [3.63, 3.8) is 0 Å². The number of ether oxygens (including phenoxy) is 1. The van der Waals surface area contributed by atoms with Crippen LogP contribution in [-0.4, -0.2) is 53.5 Å². The van der Waals surface area contributed by atoms with Crippen LogP contribution in [0, 0.1) is 12.8 Å². The van der Waals surface area contributed by atoms with Gasteiger partial charge < -0.3 is 14.1 Å². The molecule has 29 heavy (non-hydrogen) atoms. The van der Waals surface area contributed by atoms with Gasteiger partial charge in [-0.05, 0) is 76.9 Å². The summed E-state index contributed by atoms with van der Waals surface area (Å²) in [5.41, 5.74) is 1.94. The molecule has 0 aliphatic carbocycles. The SMILES string of the molecule is CCOc1ccc(-c2nc(CN3CCC(C(=O)N4CCCC4)CC3)c(C)o2)cc1. The highest BCUT2D eigenvalue weighted by molar-refractivity contribution is 5.79. The van der Waals surface area contributed by atoms with E-state index >= 15 is 0 Å². The molecule has 1 aromatic heterocycles. The molecule has 0 bridgehead atoms. The Morgan fingerprint density at radius 3 is 2.48 bits per heavy atom. The second kappa shape index (κ2) is 8.99. The molecule has 0 atom stereocenters. The first-order valence-electron chi connectivity index (χ1n) is 10.8. The Balaban J connectivity index is 1.34. The molecule has 4 rings (SSSR count). The van der Waals surface area contributed by atoms with E-state index in [1.807, 2.05) is 38.1 Å². The van der Waals surface area contributed by atoms with Crippen LogP contribution in [0.15, 0.2) is 28.7 Å². The van der Waals surface area contributed by atoms with Crippen LogP contribution in [0.3, 0.4) is 0 Å². The van der Waals surface area contributed by atoms with Gasteiger partial charge in [-0.1, -0.05) is 0 Å². The first kappa shape index (κ1) is 20.0. The van der Waals surface area contributed by atoms with Crippen molar-refractivity contribution in [3.8, 4) is 17.2 Å². The molecule has 1 amide bonds. The Morgan fingerprint density at radius 2 is 1.83 bits per heavy atom. The summed E-state index contributed by atoms with van der Waals surface area (Å²) in [6.45, 7) is 9.16. The third kappa shape index (κ3) is 4.64. The molecule has 2 saturated heterocycles. The van der Waals surface area contributed by atoms with Crippen LogP contribution in [0.5, 0.6) is 5.75 Å². The minimum Gasteiger partial charge on any atom is -0.494 e. The van der Waals surface area contributed by atoms with Crippen molar-refractivity contribution in [1.82, 2.24) is 14.8 Å². The highest BCUT2D eigenvalue weighted by Gasteiger charge is 2.30. The fourth-order valence-corrected chi connectivity index (χ4v) is 4.30. The second-order valence-corrected chi connectivity index (χ2v) is 8.06. The molecule has 6 heteroatoms. The van der Waals surface area contributed by atoms with Crippen molar-refractivity contribution in [2.45, 2.75) is 46.1 Å². The van der Waals surface area contributed by atoms with E-state index in [9.17, 15) is 4.79 Å². The molecule has 6 nitrogen and oxygen atoms in total. The van der Waals surface area contributed by atoms with E-state index < -0.39 is 0 Å². The molecule has 2 aliphatic rings. The number of carbonyl (C=O) groups is 1. The molecular weight excluding hydrogens is 366 g/mol. The summed E-state index contributed by atoms with van der Waals surface area (Å²) in [6, 6.07) is 7.85. The van der Waals surface area contributed by atoms with Crippen molar-refractivity contribution in [2.75, 3.05) is 32.8 Å². The van der Waals surface area contributed by atoms with Crippen LogP contribution < -0.4 is 4.74 Å². The van der Waals surface area contributed by atoms with Crippen LogP contribution in [0.25, 0.3) is 11.5 Å². The minimum absolute atomic E-state index is 0.196. The predicted octanol–water partition coefficient (Wildman–Crippen LogP) is 3.88. The number of piperidine rings is 1. The summed E-state index contributed by atoms with van der Waals surface area (Å²) >= 11 is 0. The zero-order valence-electron chi connectivity index (χ0n) is 17.5. The van der Waals surface area contributed by atoms with Gasteiger partial charge in [0, 0.05) is 31.1 Å². The number of oxazole rings is 1. The number of aryl methyl sites for hydroxylation is 1. The van der Waals surface area contributed by atoms with E-state index in [2.05, 4.69) is 9.80 Å². The van der Waals surface area contributed by atoms with Crippen LogP contribution in [0.1, 0.15) is 44.1 Å². The molecular formula is C23H31N3O3. The van der Waals surface area contributed by atoms with Crippen molar-refractivity contribution < 1.29 is 13.9 Å². The minimum atomic E-state index is 0.196. The van der Waals surface area contributed by atoms with Crippen LogP contribution in [-0.2, 0) is 11.3 Å². The first-order valence-corrected chi connectivity index (χ1v) is 10.8. The van der Waals surface area contributed by atoms with Gasteiger partial charge in [0.1, 0.15) is 11.5 Å². The van der Waals surface area contributed by atoms with E-state index in [0.717, 1.165) is 81.2 Å². The number of carbonyl (C=O) groups excluding carboxylic acids is 1. The van der Waals surface area contributed by atoms with Gasteiger partial charge in [-0.2, -0.15) is 0 Å². The van der Waals surface area contributed by atoms with Gasteiger partial charge in [0.15, 0.2) is 0 Å². The number of benzene rings is 1. The summed E-state index contributed by atoms with van der Waals surface area (Å²) < 4.78 is 11.4. The number of aromatic nitrogens is 1. The number of amides is 1. The fraction of sp³-hybridized carbons (Fsp3) is 0.565. The maximum absolute atomic E-state index is 12.6. The lowest BCUT2D eigenvalue weighted by molar-refractivity contribution is -0.136. The molecule has 1 aromatic carbocycles. The third-order valence-corrected chi connectivity index (χ3v) is 6.03. The predicted molar refractivity (Wildman–Crippen MR) is 112 cm³/mol. The van der Waals surface area contributed by atoms with Crippen LogP contribution >= 0.6 is 0 Å². The highest BCUT2D eigenvalue weighted by atomic mass is 16.5. The lowest BCUT2D eigenvalue weighted by Crippen LogP contribution is -2.41. The maximum Gasteiger partial charge on any atom is 0.226 e. The number of nitrogens with zero attached hydrogens (tertiary/aromatic N) is 3. The Hall–Kier alpha value is -2.34. The number of rotatable bonds is 6. The zero-order valence-corrected chi connectivity index (χ0v) is 17.5. The van der Waals surface area contributed by atoms with Crippen molar-refractivity contribution in [2.24, 2.45) is 5.92 Å². The maximum atomic E-state index is 12.6. The standard InChI is InChI=1S/C23H31N3O3/c1-3-28-20-8-6-18(7-9-20)22-24-21(17(2)29-22)16-25-14-10-19(11-15-25)23(27)26-12-4-5-13-26/h6-9,19H,3-5,10-16H2,1-2H3. The van der Waals surface area contributed by atoms with E-state index in [-0.39, 0.29) is 5.92 Å². The summed E-state index contributed by atoms with van der Waals surface area (Å²) in [7, 11) is 0. The smallest absolute Gasteiger partial charge is 0.226 e. The molecule has 156 valence electrons. The van der Waals surface area contributed by atoms with Crippen LogP contribution in [0.2, 0.25) is 0 Å². The number of likely N-dealkylation sites (tertiary alicyclic amines) is 2. The number of hydrogen-bond acceptors (Lipinski definition) is 5. The highest BCUT2D eigenvalue weighted by Crippen LogP contribution is 2.27. The average molecular weight is 398 g/mol. The second-order valence-electron chi connectivity index (χ2n) is 8.06. The largest absolute Gasteiger partial charge is 0.494 e. The molecule has 0 spiro atoms. The normalized spacial score (nSPS) is 18.3. The van der Waals surface area contributed by atoms with Gasteiger partial charge in [0.2, 0.25) is 11.8 Å². The van der Waals surface area contributed by atoms with Gasteiger partial charge in [-0.3, -0.25) is 9.69 Å². The van der Waals surface area contributed by atoms with Gasteiger partial charge in [0.05, 0.1) is 12.3 Å². The van der Waals surface area contributed by atoms with Gasteiger partial charge in [-0.25, -0.2) is 4.98 Å². The summed E-state index contributed by atoms with van der Waals surface area (Å²) in [6.07, 6.45) is 4.20. The Morgan fingerprint density at radius 1 is 1.14 bits per heavy atom. The molecule has 2 aliphatic heterocycles. The molecule has 0 radical (unpaired) electrons. The van der Waals surface area contributed by atoms with Crippen molar-refractivity contribution in [1.29, 1.82) is 0 Å². The Bertz CT molecular complexity index is 816. The molecule has 0 N–H and O–H groups in total. The fourth-order valence-electron chi connectivity index (χ4n) is 4.30. The van der Waals surface area contributed by atoms with E-state index in [0.29, 0.717) is 18.4 Å². The van der Waals surface area contributed by atoms with Gasteiger partial charge in [-0.15, -0.1) is 0 Å². The number of hydrogen-bond donors (Lipinski definition) is 0. The van der Waals surface area contributed by atoms with E-state index in [1.54, 1.807) is 0 Å². The summed E-state index contributed by atoms with van der Waals surface area (Å²) in [5.74, 6) is 2.94. The molecule has 0 unspecified atom stereocenters. The van der Waals surface area contributed by atoms with Crippen LogP contribution in [0.4, 0.5) is 0 Å². The van der Waals surface area contributed by atoms with Gasteiger partial charge in [0.25, 0.3) is 0 Å². The first-order chi connectivity index (χ1) is 14.1. The topological polar surface area (TPSA) is 58.8 Å². The van der Waals surface area contributed by atoms with E-state index in [4.69, 9.17) is 14.1 Å². The third-order valence-electron chi connectivity index (χ3n) is 6.03. The molecule has 2 aromatic rings. The van der Waals surface area contributed by atoms with Crippen molar-refractivity contribution >= 4 is 5.91 Å². The Labute approximate surface area is 172 Å². The summed E-state index contributed by atoms with van der Waals surface area (Å²) in [4.78, 5) is 21.8. The molecule has 3 heterocycles. The lowest BCUT2D eigenvalue weighted by atomic mass is 9.95. The lowest BCUT2D eigenvalue weighted by Gasteiger charge is -2.32. The van der Waals surface area contributed by atoms with Gasteiger partial charge >= 0.3 is 0 Å². The molecule has 2 fully saturated rings. The monoisotopic (exact) mass is 397 g/mol. The van der Waals surface area contributed by atoms with E-state index in [1.165, 1.54) is 0 Å². The van der Waals surface area contributed by atoms with Crippen molar-refractivity contribution in [3.05, 3.63) is 35.7 Å². The molecule has 0 saturated carbocycles. The Kier molecular flexibility index (Phi) is 6.19. The zero-order chi connectivity index (χ0) is 20.2. The average Bonchev–Trinajstić information content (AvgIpc) is 3.40. The summed E-state index contributed by atoms with van der Waals surface area (Å²) in [5, 5.41) is 0.